The molecule has 0 bridgehead atoms. The fourth-order valence-corrected chi connectivity index (χ4v) is 3.68. The highest BCUT2D eigenvalue weighted by Gasteiger charge is 2.31. The van der Waals surface area contributed by atoms with Gasteiger partial charge in [-0.2, -0.15) is 0 Å². The van der Waals surface area contributed by atoms with Gasteiger partial charge in [-0.1, -0.05) is 41.4 Å². The van der Waals surface area contributed by atoms with Crippen molar-refractivity contribution in [2.45, 2.75) is 19.4 Å². The lowest BCUT2D eigenvalue weighted by Gasteiger charge is -2.22. The van der Waals surface area contributed by atoms with Gasteiger partial charge in [-0.3, -0.25) is 4.79 Å². The van der Waals surface area contributed by atoms with Gasteiger partial charge in [0.2, 0.25) is 5.95 Å². The molecule has 0 radical (unpaired) electrons. The van der Waals surface area contributed by atoms with Crippen LogP contribution in [0.5, 0.6) is 0 Å². The van der Waals surface area contributed by atoms with E-state index in [4.69, 9.17) is 23.2 Å². The lowest BCUT2D eigenvalue weighted by atomic mass is 10.1. The zero-order chi connectivity index (χ0) is 19.0. The number of benzene rings is 2. The number of aromatic nitrogens is 2. The van der Waals surface area contributed by atoms with E-state index >= 15 is 0 Å². The summed E-state index contributed by atoms with van der Waals surface area (Å²) in [7, 11) is 0. The number of para-hydroxylation sites is 1. The van der Waals surface area contributed by atoms with E-state index in [9.17, 15) is 4.79 Å². The molecular weight excluding hydrogens is 383 g/mol. The maximum absolute atomic E-state index is 13.0. The van der Waals surface area contributed by atoms with Crippen LogP contribution in [0.15, 0.2) is 54.9 Å². The van der Waals surface area contributed by atoms with Crippen LogP contribution >= 0.6 is 23.2 Å². The smallest absolute Gasteiger partial charge is 0.261 e. The van der Waals surface area contributed by atoms with Crippen LogP contribution in [0.2, 0.25) is 10.0 Å². The van der Waals surface area contributed by atoms with Gasteiger partial charge in [-0.25, -0.2) is 9.97 Å². The molecule has 0 fully saturated rings. The van der Waals surface area contributed by atoms with Gasteiger partial charge in [0.25, 0.3) is 5.91 Å². The molecule has 0 aliphatic carbocycles. The van der Waals surface area contributed by atoms with Crippen LogP contribution in [-0.2, 0) is 6.42 Å². The van der Waals surface area contributed by atoms with Crippen LogP contribution in [-0.4, -0.2) is 21.9 Å². The monoisotopic (exact) mass is 398 g/mol. The number of anilines is 3. The predicted octanol–water partition coefficient (Wildman–Crippen LogP) is 5.12. The summed E-state index contributed by atoms with van der Waals surface area (Å²) in [6.45, 7) is 2.04. The summed E-state index contributed by atoms with van der Waals surface area (Å²) in [6, 6.07) is 13.2. The highest BCUT2D eigenvalue weighted by Crippen LogP contribution is 2.33. The van der Waals surface area contributed by atoms with Crippen molar-refractivity contribution < 1.29 is 4.79 Å². The number of nitrogens with one attached hydrogen (secondary N) is 1. The van der Waals surface area contributed by atoms with Crippen molar-refractivity contribution in [1.82, 2.24) is 9.97 Å². The first-order valence-corrected chi connectivity index (χ1v) is 9.24. The van der Waals surface area contributed by atoms with Crippen LogP contribution in [0.3, 0.4) is 0 Å². The van der Waals surface area contributed by atoms with Crippen molar-refractivity contribution in [1.29, 1.82) is 0 Å². The third-order valence-corrected chi connectivity index (χ3v) is 5.05. The molecule has 2 heterocycles. The van der Waals surface area contributed by atoms with E-state index in [2.05, 4.69) is 21.4 Å². The van der Waals surface area contributed by atoms with Crippen LogP contribution < -0.4 is 10.2 Å². The second kappa shape index (κ2) is 7.18. The Bertz CT molecular complexity index is 1010. The van der Waals surface area contributed by atoms with E-state index < -0.39 is 0 Å². The van der Waals surface area contributed by atoms with E-state index in [0.29, 0.717) is 27.2 Å². The second-order valence-electron chi connectivity index (χ2n) is 6.40. The first-order chi connectivity index (χ1) is 13.0. The molecule has 1 amide bonds. The van der Waals surface area contributed by atoms with Gasteiger partial charge >= 0.3 is 0 Å². The zero-order valence-electron chi connectivity index (χ0n) is 14.5. The summed E-state index contributed by atoms with van der Waals surface area (Å²) < 4.78 is 0. The topological polar surface area (TPSA) is 58.1 Å². The number of rotatable bonds is 3. The van der Waals surface area contributed by atoms with Gasteiger partial charge in [0.1, 0.15) is 0 Å². The maximum Gasteiger partial charge on any atom is 0.261 e. The van der Waals surface area contributed by atoms with Gasteiger partial charge in [0, 0.05) is 29.1 Å². The molecule has 0 spiro atoms. The van der Waals surface area contributed by atoms with Crippen LogP contribution in [0, 0.1) is 0 Å². The van der Waals surface area contributed by atoms with E-state index in [0.717, 1.165) is 12.1 Å². The Balaban J connectivity index is 1.55. The van der Waals surface area contributed by atoms with Crippen molar-refractivity contribution >= 4 is 46.4 Å². The Morgan fingerprint density at radius 2 is 1.89 bits per heavy atom. The van der Waals surface area contributed by atoms with Gasteiger partial charge in [-0.05, 0) is 43.2 Å². The minimum atomic E-state index is -0.108. The van der Waals surface area contributed by atoms with Gasteiger partial charge in [-0.15, -0.1) is 0 Å². The summed E-state index contributed by atoms with van der Waals surface area (Å²) in [6.07, 6.45) is 3.89. The summed E-state index contributed by atoms with van der Waals surface area (Å²) in [4.78, 5) is 23.3. The van der Waals surface area contributed by atoms with E-state index in [1.165, 1.54) is 18.0 Å². The van der Waals surface area contributed by atoms with E-state index in [1.54, 1.807) is 23.1 Å². The number of amides is 1. The standard InChI is InChI=1S/C20H16Cl2N4O/c1-12-8-13-4-2-3-5-18(13)26(12)19(27)14-10-23-20(24-11-14)25-17-7-6-15(21)9-16(17)22/h2-7,9-12H,8H2,1H3,(H,23,24,25). The van der Waals surface area contributed by atoms with Crippen molar-refractivity contribution in [2.24, 2.45) is 0 Å². The lowest BCUT2D eigenvalue weighted by Crippen LogP contribution is -2.35. The molecule has 1 atom stereocenters. The Labute approximate surface area is 167 Å². The molecule has 7 heteroatoms. The maximum atomic E-state index is 13.0. The quantitative estimate of drug-likeness (QED) is 0.664. The summed E-state index contributed by atoms with van der Waals surface area (Å²) in [5.74, 6) is 0.245. The van der Waals surface area contributed by atoms with Crippen LogP contribution in [0.1, 0.15) is 22.8 Å². The summed E-state index contributed by atoms with van der Waals surface area (Å²) in [5.41, 5.74) is 3.20. The molecular formula is C20H16Cl2N4O. The molecule has 1 aliphatic rings. The number of hydrogen-bond acceptors (Lipinski definition) is 4. The van der Waals surface area contributed by atoms with Gasteiger partial charge < -0.3 is 10.2 Å². The van der Waals surface area contributed by atoms with Gasteiger partial charge in [0.15, 0.2) is 0 Å². The molecule has 4 rings (SSSR count). The fraction of sp³-hybridized carbons (Fsp3) is 0.150. The Hall–Kier alpha value is -2.63. The average Bonchev–Trinajstić information content (AvgIpc) is 3.00. The summed E-state index contributed by atoms with van der Waals surface area (Å²) in [5, 5.41) is 4.04. The summed E-state index contributed by atoms with van der Waals surface area (Å²) >= 11 is 12.0. The highest BCUT2D eigenvalue weighted by molar-refractivity contribution is 6.36. The average molecular weight is 399 g/mol. The van der Waals surface area contributed by atoms with Crippen molar-refractivity contribution in [3.05, 3.63) is 76.0 Å². The van der Waals surface area contributed by atoms with Crippen LogP contribution in [0.25, 0.3) is 0 Å². The molecule has 0 saturated carbocycles. The first-order valence-electron chi connectivity index (χ1n) is 8.48. The number of halogens is 2. The lowest BCUT2D eigenvalue weighted by molar-refractivity contribution is 0.0981. The molecule has 27 heavy (non-hydrogen) atoms. The highest BCUT2D eigenvalue weighted by atomic mass is 35.5. The van der Waals surface area contributed by atoms with Crippen molar-refractivity contribution in [3.63, 3.8) is 0 Å². The van der Waals surface area contributed by atoms with Gasteiger partial charge in [0.05, 0.1) is 16.3 Å². The molecule has 0 saturated heterocycles. The number of carbonyl (C=O) groups excluding carboxylic acids is 1. The SMILES string of the molecule is CC1Cc2ccccc2N1C(=O)c1cnc(Nc2ccc(Cl)cc2Cl)nc1. The number of nitrogens with zero attached hydrogens (tertiary/aromatic N) is 3. The second-order valence-corrected chi connectivity index (χ2v) is 7.25. The Kier molecular flexibility index (Phi) is 4.72. The number of carbonyl (C=O) groups is 1. The normalized spacial score (nSPS) is 15.5. The third kappa shape index (κ3) is 3.48. The minimum Gasteiger partial charge on any atom is -0.323 e. The van der Waals surface area contributed by atoms with Crippen molar-refractivity contribution in [2.75, 3.05) is 10.2 Å². The Morgan fingerprint density at radius 1 is 1.15 bits per heavy atom. The largest absolute Gasteiger partial charge is 0.323 e. The van der Waals surface area contributed by atoms with Crippen molar-refractivity contribution in [3.8, 4) is 0 Å². The molecule has 5 nitrogen and oxygen atoms in total. The number of hydrogen-bond donors (Lipinski definition) is 1. The predicted molar refractivity (Wildman–Crippen MR) is 108 cm³/mol. The molecule has 1 aromatic heterocycles. The zero-order valence-corrected chi connectivity index (χ0v) is 16.0. The Morgan fingerprint density at radius 3 is 2.63 bits per heavy atom. The minimum absolute atomic E-state index is 0.0978. The molecule has 1 unspecified atom stereocenters. The third-order valence-electron chi connectivity index (χ3n) is 4.50. The molecule has 2 aromatic carbocycles. The number of fused-ring (bicyclic) bond motifs is 1. The molecule has 1 aliphatic heterocycles. The molecule has 3 aromatic rings. The van der Waals surface area contributed by atoms with E-state index in [1.807, 2.05) is 25.1 Å². The fourth-order valence-electron chi connectivity index (χ4n) is 3.23. The molecule has 136 valence electrons. The van der Waals surface area contributed by atoms with E-state index in [-0.39, 0.29) is 11.9 Å². The molecule has 1 N–H and O–H groups in total. The first kappa shape index (κ1) is 17.8. The van der Waals surface area contributed by atoms with Crippen LogP contribution in [0.4, 0.5) is 17.3 Å².